The summed E-state index contributed by atoms with van der Waals surface area (Å²) in [5.74, 6) is -0.244. The van der Waals surface area contributed by atoms with Crippen LogP contribution < -0.4 is 15.6 Å². The van der Waals surface area contributed by atoms with E-state index in [-0.39, 0.29) is 41.5 Å². The Kier molecular flexibility index (Phi) is 7.28. The van der Waals surface area contributed by atoms with Gasteiger partial charge < -0.3 is 15.0 Å². The van der Waals surface area contributed by atoms with Crippen LogP contribution in [0.2, 0.25) is 0 Å². The van der Waals surface area contributed by atoms with Gasteiger partial charge in [0.15, 0.2) is 11.5 Å². The molecule has 3 heterocycles. The third-order valence-corrected chi connectivity index (χ3v) is 8.32. The smallest absolute Gasteiger partial charge is 0.265 e. The van der Waals surface area contributed by atoms with E-state index in [1.807, 2.05) is 35.2 Å². The van der Waals surface area contributed by atoms with E-state index in [4.69, 9.17) is 4.74 Å². The number of carbonyl (C=O) groups excluding carboxylic acids is 3. The zero-order chi connectivity index (χ0) is 26.8. The van der Waals surface area contributed by atoms with Gasteiger partial charge >= 0.3 is 0 Å². The number of ketones is 1. The Labute approximate surface area is 223 Å². The lowest BCUT2D eigenvalue weighted by atomic mass is 10.1. The van der Waals surface area contributed by atoms with Crippen LogP contribution in [0.5, 0.6) is 5.75 Å². The summed E-state index contributed by atoms with van der Waals surface area (Å²) in [6.45, 7) is 2.60. The maximum atomic E-state index is 13.8. The Hall–Kier alpha value is -3.98. The number of methoxy groups -OCH3 is 1. The van der Waals surface area contributed by atoms with E-state index in [1.54, 1.807) is 31.2 Å². The number of ether oxygens (including phenoxy) is 1. The Morgan fingerprint density at radius 2 is 1.82 bits per heavy atom. The average molecular weight is 532 g/mol. The molecule has 0 spiro atoms. The van der Waals surface area contributed by atoms with Gasteiger partial charge in [0.05, 0.1) is 23.9 Å². The lowest BCUT2D eigenvalue weighted by molar-refractivity contribution is -0.129. The molecule has 38 heavy (non-hydrogen) atoms. The molecule has 1 fully saturated rings. The van der Waals surface area contributed by atoms with Gasteiger partial charge in [-0.1, -0.05) is 48.5 Å². The van der Waals surface area contributed by atoms with Crippen molar-refractivity contribution in [3.8, 4) is 5.75 Å². The average Bonchev–Trinajstić information content (AvgIpc) is 3.56. The van der Waals surface area contributed by atoms with Crippen molar-refractivity contribution in [3.63, 3.8) is 0 Å². The summed E-state index contributed by atoms with van der Waals surface area (Å²) in [7, 11) is 1.44. The molecule has 1 atom stereocenters. The van der Waals surface area contributed by atoms with Crippen molar-refractivity contribution < 1.29 is 19.1 Å². The number of benzene rings is 2. The van der Waals surface area contributed by atoms with Crippen LogP contribution in [-0.2, 0) is 11.3 Å². The third kappa shape index (κ3) is 4.69. The molecule has 0 radical (unpaired) electrons. The SMILES string of the molecule is COc1c(C(=O)NCCC2CCCN2C(C)=O)sc2c1c(=O)n(CC(=O)c1ccccc1)c1ccccc21. The molecule has 0 saturated carbocycles. The molecule has 5 rings (SSSR count). The zero-order valence-electron chi connectivity index (χ0n) is 21.4. The molecule has 1 unspecified atom stereocenters. The number of rotatable bonds is 8. The second kappa shape index (κ2) is 10.8. The molecule has 2 aromatic carbocycles. The van der Waals surface area contributed by atoms with Crippen LogP contribution >= 0.6 is 11.3 Å². The van der Waals surface area contributed by atoms with Gasteiger partial charge in [0.25, 0.3) is 11.5 Å². The van der Waals surface area contributed by atoms with Crippen molar-refractivity contribution in [2.45, 2.75) is 38.8 Å². The van der Waals surface area contributed by atoms with Gasteiger partial charge in [0.1, 0.15) is 10.3 Å². The maximum absolute atomic E-state index is 13.8. The van der Waals surface area contributed by atoms with Gasteiger partial charge in [-0.2, -0.15) is 0 Å². The number of thiophene rings is 1. The van der Waals surface area contributed by atoms with Crippen molar-refractivity contribution >= 4 is 49.9 Å². The van der Waals surface area contributed by atoms with E-state index in [0.29, 0.717) is 39.0 Å². The van der Waals surface area contributed by atoms with Crippen LogP contribution in [-0.4, -0.2) is 53.3 Å². The molecule has 2 amide bonds. The molecule has 8 nitrogen and oxygen atoms in total. The third-order valence-electron chi connectivity index (χ3n) is 7.12. The highest BCUT2D eigenvalue weighted by molar-refractivity contribution is 7.22. The predicted molar refractivity (Wildman–Crippen MR) is 148 cm³/mol. The van der Waals surface area contributed by atoms with E-state index in [2.05, 4.69) is 5.32 Å². The largest absolute Gasteiger partial charge is 0.494 e. The number of para-hydroxylation sites is 1. The summed E-state index contributed by atoms with van der Waals surface area (Å²) in [6.07, 6.45) is 2.55. The fourth-order valence-corrected chi connectivity index (χ4v) is 6.50. The van der Waals surface area contributed by atoms with Gasteiger partial charge in [0, 0.05) is 37.0 Å². The molecule has 1 saturated heterocycles. The molecule has 2 aromatic heterocycles. The fourth-order valence-electron chi connectivity index (χ4n) is 5.29. The number of aromatic nitrogens is 1. The van der Waals surface area contributed by atoms with Gasteiger partial charge in [-0.05, 0) is 25.3 Å². The Morgan fingerprint density at radius 3 is 2.55 bits per heavy atom. The van der Waals surface area contributed by atoms with E-state index < -0.39 is 0 Å². The molecule has 1 aliphatic rings. The first kappa shape index (κ1) is 25.7. The molecule has 9 heteroatoms. The number of fused-ring (bicyclic) bond motifs is 3. The molecule has 0 aliphatic carbocycles. The first-order valence-electron chi connectivity index (χ1n) is 12.7. The highest BCUT2D eigenvalue weighted by atomic mass is 32.1. The lowest BCUT2D eigenvalue weighted by Gasteiger charge is -2.23. The summed E-state index contributed by atoms with van der Waals surface area (Å²) in [4.78, 5) is 54.1. The molecule has 1 aliphatic heterocycles. The van der Waals surface area contributed by atoms with E-state index in [9.17, 15) is 19.2 Å². The minimum Gasteiger partial charge on any atom is -0.494 e. The van der Waals surface area contributed by atoms with Crippen molar-refractivity contribution in [1.29, 1.82) is 0 Å². The van der Waals surface area contributed by atoms with Crippen LogP contribution in [0.25, 0.3) is 21.0 Å². The predicted octanol–water partition coefficient (Wildman–Crippen LogP) is 4.24. The topological polar surface area (TPSA) is 97.7 Å². The van der Waals surface area contributed by atoms with Crippen LogP contribution in [0, 0.1) is 0 Å². The fraction of sp³-hybridized carbons (Fsp3) is 0.310. The Morgan fingerprint density at radius 1 is 1.08 bits per heavy atom. The molecule has 196 valence electrons. The minimum absolute atomic E-state index is 0.0545. The van der Waals surface area contributed by atoms with Crippen LogP contribution in [0.15, 0.2) is 59.4 Å². The number of hydrogen-bond donors (Lipinski definition) is 1. The van der Waals surface area contributed by atoms with Gasteiger partial charge in [0.2, 0.25) is 5.91 Å². The summed E-state index contributed by atoms with van der Waals surface area (Å²) < 4.78 is 7.73. The van der Waals surface area contributed by atoms with Crippen LogP contribution in [0.1, 0.15) is 46.2 Å². The molecular formula is C29H29N3O5S. The highest BCUT2D eigenvalue weighted by Gasteiger charge is 2.28. The number of carbonyl (C=O) groups is 3. The lowest BCUT2D eigenvalue weighted by Crippen LogP contribution is -2.36. The van der Waals surface area contributed by atoms with Gasteiger partial charge in [-0.3, -0.25) is 23.7 Å². The second-order valence-corrected chi connectivity index (χ2v) is 10.4. The molecule has 0 bridgehead atoms. The normalized spacial score (nSPS) is 15.2. The number of hydrogen-bond acceptors (Lipinski definition) is 6. The number of amides is 2. The number of likely N-dealkylation sites (tertiary alicyclic amines) is 1. The van der Waals surface area contributed by atoms with Crippen LogP contribution in [0.4, 0.5) is 0 Å². The van der Waals surface area contributed by atoms with Gasteiger partial charge in [-0.25, -0.2) is 0 Å². The number of Topliss-reactive ketones (excluding diaryl/α,β-unsaturated/α-hetero) is 1. The summed E-state index contributed by atoms with van der Waals surface area (Å²) in [5, 5.41) is 4.01. The van der Waals surface area contributed by atoms with Crippen molar-refractivity contribution in [1.82, 2.24) is 14.8 Å². The molecule has 4 aromatic rings. The first-order chi connectivity index (χ1) is 18.4. The van der Waals surface area contributed by atoms with E-state index in [0.717, 1.165) is 24.8 Å². The van der Waals surface area contributed by atoms with Crippen LogP contribution in [0.3, 0.4) is 0 Å². The Bertz CT molecular complexity index is 1590. The quantitative estimate of drug-likeness (QED) is 0.343. The zero-order valence-corrected chi connectivity index (χ0v) is 22.2. The summed E-state index contributed by atoms with van der Waals surface area (Å²) in [5.41, 5.74) is 0.764. The Balaban J connectivity index is 1.49. The highest BCUT2D eigenvalue weighted by Crippen LogP contribution is 2.39. The first-order valence-corrected chi connectivity index (χ1v) is 13.5. The van der Waals surface area contributed by atoms with Crippen molar-refractivity contribution in [3.05, 3.63) is 75.4 Å². The number of pyridine rings is 1. The summed E-state index contributed by atoms with van der Waals surface area (Å²) in [6, 6.07) is 16.4. The van der Waals surface area contributed by atoms with Crippen molar-refractivity contribution in [2.24, 2.45) is 0 Å². The monoisotopic (exact) mass is 531 g/mol. The molecule has 1 N–H and O–H groups in total. The standard InChI is InChI=1S/C29H29N3O5S/c1-18(33)31-16-8-11-20(31)14-15-30-28(35)27-25(37-2)24-26(38-27)21-12-6-7-13-22(21)32(29(24)36)17-23(34)19-9-4-3-5-10-19/h3-7,9-10,12-13,20H,8,11,14-17H2,1-2H3,(H,30,35). The molecular weight excluding hydrogens is 502 g/mol. The van der Waals surface area contributed by atoms with E-state index in [1.165, 1.54) is 23.0 Å². The van der Waals surface area contributed by atoms with E-state index >= 15 is 0 Å². The van der Waals surface area contributed by atoms with Gasteiger partial charge in [-0.15, -0.1) is 11.3 Å². The minimum atomic E-state index is -0.377. The second-order valence-electron chi connectivity index (χ2n) is 9.42. The maximum Gasteiger partial charge on any atom is 0.265 e. The van der Waals surface area contributed by atoms with Crippen molar-refractivity contribution in [2.75, 3.05) is 20.2 Å². The summed E-state index contributed by atoms with van der Waals surface area (Å²) >= 11 is 1.21. The number of nitrogens with one attached hydrogen (secondary N) is 1. The number of nitrogens with zero attached hydrogens (tertiary/aromatic N) is 2.